The minimum Gasteiger partial charge on any atom is -0.356 e. The summed E-state index contributed by atoms with van der Waals surface area (Å²) in [7, 11) is 0. The fourth-order valence-electron chi connectivity index (χ4n) is 3.24. The number of urea groups is 1. The molecule has 0 saturated carbocycles. The van der Waals surface area contributed by atoms with Gasteiger partial charge in [0.2, 0.25) is 5.91 Å². The number of fused-ring (bicyclic) bond motifs is 1. The van der Waals surface area contributed by atoms with Crippen LogP contribution in [-0.2, 0) is 8.98 Å². The van der Waals surface area contributed by atoms with E-state index in [1.54, 1.807) is 0 Å². The molecule has 6 nitrogen and oxygen atoms in total. The van der Waals surface area contributed by atoms with Gasteiger partial charge in [-0.2, -0.15) is 11.8 Å². The molecule has 3 unspecified atom stereocenters. The van der Waals surface area contributed by atoms with Gasteiger partial charge < -0.3 is 20.1 Å². The van der Waals surface area contributed by atoms with E-state index in [1.165, 1.54) is 0 Å². The maximum Gasteiger partial charge on any atom is 0.315 e. The third-order valence-corrected chi connectivity index (χ3v) is 6.26. The Morgan fingerprint density at radius 2 is 2.04 bits per heavy atom. The van der Waals surface area contributed by atoms with Gasteiger partial charge in [-0.15, -0.1) is 0 Å². The second kappa shape index (κ2) is 11.1. The Morgan fingerprint density at radius 1 is 1.21 bits per heavy atom. The summed E-state index contributed by atoms with van der Waals surface area (Å²) in [6.07, 6.45) is 7.88. The number of carbonyl (C=O) groups is 2. The highest BCUT2D eigenvalue weighted by atomic mass is 32.2. The van der Waals surface area contributed by atoms with Crippen molar-refractivity contribution in [2.24, 2.45) is 0 Å². The zero-order valence-electron chi connectivity index (χ0n) is 14.1. The smallest absolute Gasteiger partial charge is 0.315 e. The van der Waals surface area contributed by atoms with Gasteiger partial charge in [-0.1, -0.05) is 19.3 Å². The van der Waals surface area contributed by atoms with Crippen LogP contribution in [0.5, 0.6) is 0 Å². The van der Waals surface area contributed by atoms with Crippen LogP contribution < -0.4 is 16.0 Å². The van der Waals surface area contributed by atoms with Crippen molar-refractivity contribution in [3.05, 3.63) is 0 Å². The van der Waals surface area contributed by atoms with Gasteiger partial charge in [0.25, 0.3) is 0 Å². The first-order valence-corrected chi connectivity index (χ1v) is 10.3. The van der Waals surface area contributed by atoms with Crippen LogP contribution in [-0.4, -0.2) is 48.2 Å². The Bertz CT molecular complexity index is 412. The van der Waals surface area contributed by atoms with Crippen molar-refractivity contribution in [2.75, 3.05) is 18.9 Å². The predicted molar refractivity (Wildman–Crippen MR) is 100 cm³/mol. The van der Waals surface area contributed by atoms with E-state index < -0.39 is 0 Å². The van der Waals surface area contributed by atoms with E-state index in [0.717, 1.165) is 57.2 Å². The number of thiol groups is 1. The summed E-state index contributed by atoms with van der Waals surface area (Å²) in [5, 5.41) is 9.43. The molecule has 2 saturated heterocycles. The summed E-state index contributed by atoms with van der Waals surface area (Å²) >= 11 is 5.63. The minimum absolute atomic E-state index is 0.0344. The monoisotopic (exact) mass is 375 g/mol. The zero-order valence-corrected chi connectivity index (χ0v) is 15.8. The van der Waals surface area contributed by atoms with Crippen LogP contribution in [0.25, 0.3) is 0 Å². The lowest BCUT2D eigenvalue weighted by atomic mass is 10.0. The Kier molecular flexibility index (Phi) is 9.12. The van der Waals surface area contributed by atoms with Crippen molar-refractivity contribution in [1.82, 2.24) is 16.0 Å². The molecule has 2 heterocycles. The third kappa shape index (κ3) is 6.72. The largest absolute Gasteiger partial charge is 0.356 e. The fourth-order valence-corrected chi connectivity index (χ4v) is 4.91. The van der Waals surface area contributed by atoms with Crippen LogP contribution in [0.3, 0.4) is 0 Å². The summed E-state index contributed by atoms with van der Waals surface area (Å²) in [5.41, 5.74) is 0. The minimum atomic E-state index is -0.0344. The van der Waals surface area contributed by atoms with E-state index in [4.69, 9.17) is 4.18 Å². The zero-order chi connectivity index (χ0) is 17.2. The molecule has 0 aromatic carbocycles. The second-order valence-corrected chi connectivity index (χ2v) is 8.00. The number of unbranched alkanes of at least 4 members (excludes halogenated alkanes) is 4. The van der Waals surface area contributed by atoms with Gasteiger partial charge in [-0.3, -0.25) is 4.79 Å². The first-order valence-electron chi connectivity index (χ1n) is 8.92. The van der Waals surface area contributed by atoms with Gasteiger partial charge in [0.05, 0.1) is 18.7 Å². The number of hydrogen-bond donors (Lipinski definition) is 4. The summed E-state index contributed by atoms with van der Waals surface area (Å²) < 4.78 is 4.71. The van der Waals surface area contributed by atoms with Gasteiger partial charge in [0.15, 0.2) is 0 Å². The van der Waals surface area contributed by atoms with Crippen LogP contribution in [0.1, 0.15) is 51.4 Å². The molecule has 0 aliphatic carbocycles. The number of thioether (sulfide) groups is 1. The number of rotatable bonds is 12. The van der Waals surface area contributed by atoms with Crippen LogP contribution in [0.15, 0.2) is 0 Å². The van der Waals surface area contributed by atoms with Crippen molar-refractivity contribution in [3.63, 3.8) is 0 Å². The molecule has 2 aliphatic heterocycles. The normalized spacial score (nSPS) is 25.2. The molecule has 3 amide bonds. The molecule has 2 rings (SSSR count). The lowest BCUT2D eigenvalue weighted by molar-refractivity contribution is -0.121. The molecule has 0 aromatic heterocycles. The van der Waals surface area contributed by atoms with Gasteiger partial charge in [0, 0.05) is 24.0 Å². The first kappa shape index (κ1) is 19.7. The maximum absolute atomic E-state index is 11.8. The Labute approximate surface area is 154 Å². The molecule has 2 fully saturated rings. The second-order valence-electron chi connectivity index (χ2n) is 6.47. The predicted octanol–water partition coefficient (Wildman–Crippen LogP) is 2.25. The number of nitrogens with one attached hydrogen (secondary N) is 3. The molecule has 0 radical (unpaired) electrons. The van der Waals surface area contributed by atoms with Gasteiger partial charge in [-0.25, -0.2) is 4.79 Å². The highest BCUT2D eigenvalue weighted by Gasteiger charge is 2.42. The van der Waals surface area contributed by atoms with Crippen LogP contribution in [0, 0.1) is 0 Å². The summed E-state index contributed by atoms with van der Waals surface area (Å²) in [6.45, 7) is 1.45. The quantitative estimate of drug-likeness (QED) is 0.183. The standard InChI is InChI=1S/C16H29N3O3S2/c20-14(17-9-5-1-2-6-10-22-23)8-4-3-7-13-15-12(11-24-13)18-16(21)19-15/h12-13,15,23H,1-11H2,(H,17,20)(H2,18,19,21). The van der Waals surface area contributed by atoms with E-state index >= 15 is 0 Å². The molecule has 0 bridgehead atoms. The highest BCUT2D eigenvalue weighted by molar-refractivity contribution is 8.00. The number of amides is 3. The number of hydrogen-bond acceptors (Lipinski definition) is 5. The molecular formula is C16H29N3O3S2. The molecule has 0 spiro atoms. The van der Waals surface area contributed by atoms with E-state index in [1.807, 2.05) is 11.8 Å². The summed E-state index contributed by atoms with van der Waals surface area (Å²) in [5.74, 6) is 1.15. The fraction of sp³-hybridized carbons (Fsp3) is 0.875. The van der Waals surface area contributed by atoms with Gasteiger partial charge in [-0.05, 0) is 38.6 Å². The Balaban J connectivity index is 1.43. The van der Waals surface area contributed by atoms with Crippen LogP contribution >= 0.6 is 24.7 Å². The topological polar surface area (TPSA) is 79.5 Å². The lowest BCUT2D eigenvalue weighted by Gasteiger charge is -2.16. The molecule has 24 heavy (non-hydrogen) atoms. The summed E-state index contributed by atoms with van der Waals surface area (Å²) in [4.78, 5) is 23.1. The molecule has 3 atom stereocenters. The van der Waals surface area contributed by atoms with Crippen LogP contribution in [0.4, 0.5) is 4.79 Å². The molecule has 8 heteroatoms. The van der Waals surface area contributed by atoms with E-state index in [9.17, 15) is 9.59 Å². The number of carbonyl (C=O) groups excluding carboxylic acids is 2. The molecular weight excluding hydrogens is 346 g/mol. The van der Waals surface area contributed by atoms with Crippen molar-refractivity contribution in [2.45, 2.75) is 68.7 Å². The summed E-state index contributed by atoms with van der Waals surface area (Å²) in [6, 6.07) is 0.521. The lowest BCUT2D eigenvalue weighted by Crippen LogP contribution is -2.36. The Morgan fingerprint density at radius 3 is 2.88 bits per heavy atom. The van der Waals surface area contributed by atoms with Crippen molar-refractivity contribution in [1.29, 1.82) is 0 Å². The molecule has 3 N–H and O–H groups in total. The molecule has 138 valence electrons. The van der Waals surface area contributed by atoms with E-state index in [-0.39, 0.29) is 24.0 Å². The van der Waals surface area contributed by atoms with Gasteiger partial charge >= 0.3 is 6.03 Å². The van der Waals surface area contributed by atoms with Crippen molar-refractivity contribution < 1.29 is 13.8 Å². The third-order valence-electron chi connectivity index (χ3n) is 4.57. The first-order chi connectivity index (χ1) is 11.7. The maximum atomic E-state index is 11.8. The van der Waals surface area contributed by atoms with Crippen molar-refractivity contribution >= 4 is 36.6 Å². The highest BCUT2D eigenvalue weighted by Crippen LogP contribution is 2.33. The SMILES string of the molecule is O=C(CCCCC1SCC2NC(=O)NC21)NCCCCCCOS. The molecule has 2 aliphatic rings. The average Bonchev–Trinajstić information content (AvgIpc) is 3.10. The average molecular weight is 376 g/mol. The van der Waals surface area contributed by atoms with Crippen LogP contribution in [0.2, 0.25) is 0 Å². The van der Waals surface area contributed by atoms with Crippen molar-refractivity contribution in [3.8, 4) is 0 Å². The van der Waals surface area contributed by atoms with Gasteiger partial charge in [0.1, 0.15) is 0 Å². The molecule has 0 aromatic rings. The van der Waals surface area contributed by atoms with E-state index in [2.05, 4.69) is 28.9 Å². The van der Waals surface area contributed by atoms with E-state index in [0.29, 0.717) is 18.3 Å². The Hall–Kier alpha value is -0.600.